The van der Waals surface area contributed by atoms with Gasteiger partial charge in [-0.1, -0.05) is 12.1 Å². The summed E-state index contributed by atoms with van der Waals surface area (Å²) in [5.41, 5.74) is 0.457. The summed E-state index contributed by atoms with van der Waals surface area (Å²) in [6, 6.07) is 6.05. The zero-order valence-corrected chi connectivity index (χ0v) is 12.4. The molecule has 1 aliphatic heterocycles. The predicted molar refractivity (Wildman–Crippen MR) is 81.8 cm³/mol. The Bertz CT molecular complexity index is 537. The third kappa shape index (κ3) is 4.15. The van der Waals surface area contributed by atoms with Gasteiger partial charge >= 0.3 is 0 Å². The number of para-hydroxylation sites is 2. The number of carbonyl (C=O) groups is 1. The number of carbonyl (C=O) groups excluding carboxylic acids is 1. The Morgan fingerprint density at radius 2 is 2.23 bits per heavy atom. The highest BCUT2D eigenvalue weighted by Crippen LogP contribution is 2.22. The van der Waals surface area contributed by atoms with Gasteiger partial charge in [0.1, 0.15) is 11.7 Å². The highest BCUT2D eigenvalue weighted by atomic mass is 16.6. The van der Waals surface area contributed by atoms with Crippen LogP contribution < -0.4 is 16.0 Å². The SMILES string of the molecule is C[C@H]1OCCN[C@@H]1C(=O)NCCNc1ccccc1[N+](=O)[O-]. The van der Waals surface area contributed by atoms with Crippen molar-refractivity contribution in [2.24, 2.45) is 0 Å². The molecule has 120 valence electrons. The molecule has 8 heteroatoms. The van der Waals surface area contributed by atoms with Crippen LogP contribution in [0, 0.1) is 10.1 Å². The van der Waals surface area contributed by atoms with E-state index in [-0.39, 0.29) is 23.7 Å². The van der Waals surface area contributed by atoms with Gasteiger partial charge in [0.25, 0.3) is 5.69 Å². The van der Waals surface area contributed by atoms with Crippen molar-refractivity contribution in [3.05, 3.63) is 34.4 Å². The number of morpholine rings is 1. The molecule has 0 bridgehead atoms. The summed E-state index contributed by atoms with van der Waals surface area (Å²) < 4.78 is 5.42. The van der Waals surface area contributed by atoms with Crippen molar-refractivity contribution in [3.8, 4) is 0 Å². The zero-order valence-electron chi connectivity index (χ0n) is 12.4. The number of rotatable bonds is 6. The fourth-order valence-electron chi connectivity index (χ4n) is 2.30. The van der Waals surface area contributed by atoms with Crippen molar-refractivity contribution in [2.45, 2.75) is 19.1 Å². The van der Waals surface area contributed by atoms with Crippen LogP contribution in [0.25, 0.3) is 0 Å². The van der Waals surface area contributed by atoms with Gasteiger partial charge in [0.15, 0.2) is 0 Å². The largest absolute Gasteiger partial charge is 0.378 e. The summed E-state index contributed by atoms with van der Waals surface area (Å²) in [5.74, 6) is -0.128. The van der Waals surface area contributed by atoms with E-state index in [0.29, 0.717) is 31.9 Å². The number of benzene rings is 1. The van der Waals surface area contributed by atoms with E-state index in [1.165, 1.54) is 6.07 Å². The molecule has 1 heterocycles. The zero-order chi connectivity index (χ0) is 15.9. The average molecular weight is 308 g/mol. The van der Waals surface area contributed by atoms with E-state index in [2.05, 4.69) is 16.0 Å². The van der Waals surface area contributed by atoms with Crippen molar-refractivity contribution in [1.29, 1.82) is 0 Å². The van der Waals surface area contributed by atoms with E-state index < -0.39 is 4.92 Å². The molecule has 1 aromatic rings. The van der Waals surface area contributed by atoms with Gasteiger partial charge in [0.2, 0.25) is 5.91 Å². The van der Waals surface area contributed by atoms with Crippen LogP contribution in [0.15, 0.2) is 24.3 Å². The maximum absolute atomic E-state index is 12.0. The van der Waals surface area contributed by atoms with Crippen molar-refractivity contribution < 1.29 is 14.5 Å². The lowest BCUT2D eigenvalue weighted by Gasteiger charge is -2.29. The molecule has 22 heavy (non-hydrogen) atoms. The number of nitrogens with one attached hydrogen (secondary N) is 3. The molecule has 0 saturated carbocycles. The second-order valence-corrected chi connectivity index (χ2v) is 5.00. The molecule has 1 saturated heterocycles. The molecule has 0 spiro atoms. The molecule has 0 aromatic heterocycles. The number of anilines is 1. The molecule has 1 aromatic carbocycles. The number of hydrogen-bond donors (Lipinski definition) is 3. The predicted octanol–water partition coefficient (Wildman–Crippen LogP) is 0.500. The first kappa shape index (κ1) is 16.2. The third-order valence-corrected chi connectivity index (χ3v) is 3.44. The first-order valence-electron chi connectivity index (χ1n) is 7.19. The summed E-state index contributed by atoms with van der Waals surface area (Å²) in [7, 11) is 0. The maximum Gasteiger partial charge on any atom is 0.292 e. The topological polar surface area (TPSA) is 106 Å². The number of nitro benzene ring substituents is 1. The van der Waals surface area contributed by atoms with Crippen LogP contribution in [0.2, 0.25) is 0 Å². The summed E-state index contributed by atoms with van der Waals surface area (Å²) in [6.07, 6.45) is -0.170. The first-order valence-corrected chi connectivity index (χ1v) is 7.19. The van der Waals surface area contributed by atoms with Crippen molar-refractivity contribution in [2.75, 3.05) is 31.6 Å². The standard InChI is InChI=1S/C14H20N4O4/c1-10-13(16-8-9-22-10)14(19)17-7-6-15-11-4-2-3-5-12(11)18(20)21/h2-5,10,13,15-16H,6-9H2,1H3,(H,17,19)/t10-,13+/m1/s1. The number of ether oxygens (including phenoxy) is 1. The molecule has 0 unspecified atom stereocenters. The molecule has 8 nitrogen and oxygen atoms in total. The highest BCUT2D eigenvalue weighted by Gasteiger charge is 2.27. The quantitative estimate of drug-likeness (QED) is 0.401. The van der Waals surface area contributed by atoms with E-state index in [1.54, 1.807) is 18.2 Å². The molecule has 2 rings (SSSR count). The Morgan fingerprint density at radius 1 is 1.45 bits per heavy atom. The molecule has 1 aliphatic rings. The lowest BCUT2D eigenvalue weighted by Crippen LogP contribution is -2.55. The van der Waals surface area contributed by atoms with Crippen LogP contribution >= 0.6 is 0 Å². The summed E-state index contributed by atoms with van der Waals surface area (Å²) in [5, 5.41) is 19.7. The number of hydrogen-bond acceptors (Lipinski definition) is 6. The fraction of sp³-hybridized carbons (Fsp3) is 0.500. The van der Waals surface area contributed by atoms with Crippen molar-refractivity contribution >= 4 is 17.3 Å². The summed E-state index contributed by atoms with van der Waals surface area (Å²) in [4.78, 5) is 22.4. The summed E-state index contributed by atoms with van der Waals surface area (Å²) >= 11 is 0. The van der Waals surface area contributed by atoms with Gasteiger partial charge in [0.05, 0.1) is 17.6 Å². The maximum atomic E-state index is 12.0. The van der Waals surface area contributed by atoms with Gasteiger partial charge in [-0.2, -0.15) is 0 Å². The Hall–Kier alpha value is -2.19. The Balaban J connectivity index is 1.77. The molecule has 3 N–H and O–H groups in total. The molecule has 2 atom stereocenters. The smallest absolute Gasteiger partial charge is 0.292 e. The minimum atomic E-state index is -0.439. The van der Waals surface area contributed by atoms with E-state index in [0.717, 1.165) is 0 Å². The van der Waals surface area contributed by atoms with Crippen LogP contribution in [-0.2, 0) is 9.53 Å². The van der Waals surface area contributed by atoms with Gasteiger partial charge < -0.3 is 20.7 Å². The molecule has 1 amide bonds. The molecular formula is C14H20N4O4. The van der Waals surface area contributed by atoms with Gasteiger partial charge in [0, 0.05) is 25.7 Å². The molecule has 1 fully saturated rings. The normalized spacial score (nSPS) is 21.1. The lowest BCUT2D eigenvalue weighted by atomic mass is 10.1. The Morgan fingerprint density at radius 3 is 2.95 bits per heavy atom. The number of nitrogens with zero attached hydrogens (tertiary/aromatic N) is 1. The minimum absolute atomic E-state index is 0.0183. The van der Waals surface area contributed by atoms with Gasteiger partial charge in [-0.3, -0.25) is 14.9 Å². The van der Waals surface area contributed by atoms with Gasteiger partial charge in [-0.05, 0) is 13.0 Å². The molecule has 0 aliphatic carbocycles. The van der Waals surface area contributed by atoms with Crippen molar-refractivity contribution in [3.63, 3.8) is 0 Å². The number of amides is 1. The van der Waals surface area contributed by atoms with Crippen LogP contribution in [0.1, 0.15) is 6.92 Å². The van der Waals surface area contributed by atoms with E-state index in [1.807, 2.05) is 6.92 Å². The van der Waals surface area contributed by atoms with Gasteiger partial charge in [-0.15, -0.1) is 0 Å². The van der Waals surface area contributed by atoms with E-state index in [9.17, 15) is 14.9 Å². The Labute approximate surface area is 128 Å². The lowest BCUT2D eigenvalue weighted by molar-refractivity contribution is -0.384. The number of nitro groups is 1. The van der Waals surface area contributed by atoms with Crippen LogP contribution in [-0.4, -0.2) is 49.2 Å². The van der Waals surface area contributed by atoms with Gasteiger partial charge in [-0.25, -0.2) is 0 Å². The Kier molecular flexibility index (Phi) is 5.68. The fourth-order valence-corrected chi connectivity index (χ4v) is 2.30. The first-order chi connectivity index (χ1) is 10.6. The highest BCUT2D eigenvalue weighted by molar-refractivity contribution is 5.82. The second kappa shape index (κ2) is 7.71. The van der Waals surface area contributed by atoms with Crippen LogP contribution in [0.3, 0.4) is 0 Å². The van der Waals surface area contributed by atoms with Crippen LogP contribution in [0.5, 0.6) is 0 Å². The summed E-state index contributed by atoms with van der Waals surface area (Å²) in [6.45, 7) is 3.87. The average Bonchev–Trinajstić information content (AvgIpc) is 2.52. The second-order valence-electron chi connectivity index (χ2n) is 5.00. The monoisotopic (exact) mass is 308 g/mol. The minimum Gasteiger partial charge on any atom is -0.378 e. The molecule has 0 radical (unpaired) electrons. The molecular weight excluding hydrogens is 288 g/mol. The van der Waals surface area contributed by atoms with E-state index >= 15 is 0 Å². The van der Waals surface area contributed by atoms with Crippen LogP contribution in [0.4, 0.5) is 11.4 Å². The third-order valence-electron chi connectivity index (χ3n) is 3.44. The van der Waals surface area contributed by atoms with Crippen molar-refractivity contribution in [1.82, 2.24) is 10.6 Å². The van der Waals surface area contributed by atoms with E-state index in [4.69, 9.17) is 4.74 Å².